The molecule has 0 bridgehead atoms. The van der Waals surface area contributed by atoms with Gasteiger partial charge in [0.2, 0.25) is 0 Å². The molecule has 1 unspecified atom stereocenters. The summed E-state index contributed by atoms with van der Waals surface area (Å²) in [5.41, 5.74) is 6.56. The van der Waals surface area contributed by atoms with Crippen LogP contribution in [0.2, 0.25) is 0 Å². The molecule has 3 N–H and O–H groups in total. The fraction of sp³-hybridized carbons (Fsp3) is 0.200. The van der Waals surface area contributed by atoms with Crippen LogP contribution in [-0.2, 0) is 0 Å². The third-order valence-corrected chi connectivity index (χ3v) is 2.29. The summed E-state index contributed by atoms with van der Waals surface area (Å²) in [6.45, 7) is 0. The van der Waals surface area contributed by atoms with E-state index in [2.05, 4.69) is 5.32 Å². The van der Waals surface area contributed by atoms with Crippen molar-refractivity contribution in [3.8, 4) is 0 Å². The van der Waals surface area contributed by atoms with E-state index in [1.807, 2.05) is 0 Å². The molecule has 0 saturated heterocycles. The second kappa shape index (κ2) is 3.18. The van der Waals surface area contributed by atoms with E-state index in [9.17, 15) is 13.2 Å². The molecule has 15 heavy (non-hydrogen) atoms. The van der Waals surface area contributed by atoms with Crippen LogP contribution in [0.4, 0.5) is 24.5 Å². The minimum Gasteiger partial charge on any atom is -0.399 e. The number of fused-ring (bicyclic) bond motifs is 1. The summed E-state index contributed by atoms with van der Waals surface area (Å²) in [7, 11) is 0. The zero-order valence-electron chi connectivity index (χ0n) is 7.68. The highest BCUT2D eigenvalue weighted by Gasteiger charge is 2.41. The highest BCUT2D eigenvalue weighted by Crippen LogP contribution is 2.41. The van der Waals surface area contributed by atoms with Gasteiger partial charge in [-0.3, -0.25) is 0 Å². The van der Waals surface area contributed by atoms with E-state index in [0.717, 1.165) is 6.08 Å². The summed E-state index contributed by atoms with van der Waals surface area (Å²) in [4.78, 5) is 0. The predicted molar refractivity (Wildman–Crippen MR) is 52.4 cm³/mol. The molecule has 0 fully saturated rings. The molecular weight excluding hydrogens is 205 g/mol. The van der Waals surface area contributed by atoms with Gasteiger partial charge >= 0.3 is 6.18 Å². The zero-order valence-corrected chi connectivity index (χ0v) is 7.68. The van der Waals surface area contributed by atoms with Gasteiger partial charge in [-0.15, -0.1) is 0 Å². The van der Waals surface area contributed by atoms with Crippen molar-refractivity contribution < 1.29 is 13.2 Å². The van der Waals surface area contributed by atoms with Gasteiger partial charge in [0.15, 0.2) is 0 Å². The minimum absolute atomic E-state index is 0.208. The molecule has 2 nitrogen and oxygen atoms in total. The lowest BCUT2D eigenvalue weighted by atomic mass is 9.94. The molecule has 0 aromatic heterocycles. The number of hydrogen-bond acceptors (Lipinski definition) is 2. The predicted octanol–water partition coefficient (Wildman–Crippen LogP) is 2.85. The van der Waals surface area contributed by atoms with Crippen molar-refractivity contribution in [3.05, 3.63) is 36.0 Å². The molecule has 1 heterocycles. The van der Waals surface area contributed by atoms with Gasteiger partial charge in [0.25, 0.3) is 0 Å². The maximum Gasteiger partial charge on any atom is 0.399 e. The highest BCUT2D eigenvalue weighted by molar-refractivity contribution is 5.64. The Balaban J connectivity index is 2.48. The van der Waals surface area contributed by atoms with Crippen LogP contribution in [0.25, 0.3) is 0 Å². The molecule has 2 rings (SSSR count). The van der Waals surface area contributed by atoms with Crippen LogP contribution in [0.5, 0.6) is 0 Å². The maximum absolute atomic E-state index is 12.6. The average molecular weight is 214 g/mol. The first-order chi connectivity index (χ1) is 6.98. The lowest BCUT2D eigenvalue weighted by molar-refractivity contribution is -0.139. The van der Waals surface area contributed by atoms with Crippen LogP contribution in [0.1, 0.15) is 11.5 Å². The van der Waals surface area contributed by atoms with Crippen molar-refractivity contribution in [2.75, 3.05) is 11.1 Å². The summed E-state index contributed by atoms with van der Waals surface area (Å²) in [6.07, 6.45) is -1.87. The van der Waals surface area contributed by atoms with Gasteiger partial charge in [-0.1, -0.05) is 12.1 Å². The molecule has 0 saturated carbocycles. The fourth-order valence-electron chi connectivity index (χ4n) is 1.59. The lowest BCUT2D eigenvalue weighted by Crippen LogP contribution is -2.22. The lowest BCUT2D eigenvalue weighted by Gasteiger charge is -2.24. The Labute approximate surface area is 84.6 Å². The van der Waals surface area contributed by atoms with Crippen molar-refractivity contribution in [2.45, 2.75) is 12.1 Å². The van der Waals surface area contributed by atoms with Gasteiger partial charge in [-0.05, 0) is 23.9 Å². The summed E-state index contributed by atoms with van der Waals surface area (Å²) in [6, 6.07) is 4.37. The van der Waals surface area contributed by atoms with E-state index in [1.165, 1.54) is 24.4 Å². The van der Waals surface area contributed by atoms with Gasteiger partial charge in [0, 0.05) is 11.4 Å². The van der Waals surface area contributed by atoms with Gasteiger partial charge in [0.05, 0.1) is 0 Å². The number of rotatable bonds is 0. The molecule has 1 aromatic carbocycles. The third kappa shape index (κ3) is 1.77. The maximum atomic E-state index is 12.6. The summed E-state index contributed by atoms with van der Waals surface area (Å²) >= 11 is 0. The second-order valence-electron chi connectivity index (χ2n) is 3.37. The number of halogens is 3. The summed E-state index contributed by atoms with van der Waals surface area (Å²) < 4.78 is 37.8. The minimum atomic E-state index is -4.26. The molecule has 1 atom stereocenters. The van der Waals surface area contributed by atoms with Crippen molar-refractivity contribution >= 4 is 11.4 Å². The van der Waals surface area contributed by atoms with Crippen molar-refractivity contribution in [3.63, 3.8) is 0 Å². The number of benzene rings is 1. The Kier molecular flexibility index (Phi) is 2.10. The number of allylic oxidation sites excluding steroid dienone is 1. The highest BCUT2D eigenvalue weighted by atomic mass is 19.4. The molecule has 0 aliphatic carbocycles. The van der Waals surface area contributed by atoms with Crippen molar-refractivity contribution in [1.29, 1.82) is 0 Å². The van der Waals surface area contributed by atoms with Crippen molar-refractivity contribution in [1.82, 2.24) is 0 Å². The Bertz CT molecular complexity index is 410. The topological polar surface area (TPSA) is 38.0 Å². The smallest absolute Gasteiger partial charge is 0.399 e. The monoisotopic (exact) mass is 214 g/mol. The largest absolute Gasteiger partial charge is 0.399 e. The fourth-order valence-corrected chi connectivity index (χ4v) is 1.59. The number of nitrogen functional groups attached to an aromatic ring is 1. The molecule has 80 valence electrons. The van der Waals surface area contributed by atoms with Gasteiger partial charge in [0.1, 0.15) is 5.92 Å². The number of nitrogens with one attached hydrogen (secondary N) is 1. The van der Waals surface area contributed by atoms with E-state index in [-0.39, 0.29) is 5.56 Å². The molecule has 0 amide bonds. The molecule has 5 heteroatoms. The number of hydrogen-bond donors (Lipinski definition) is 2. The number of anilines is 2. The molecule has 1 aliphatic rings. The van der Waals surface area contributed by atoms with Crippen LogP contribution < -0.4 is 11.1 Å². The van der Waals surface area contributed by atoms with E-state index >= 15 is 0 Å². The zero-order chi connectivity index (χ0) is 11.1. The molecule has 1 aliphatic heterocycles. The van der Waals surface area contributed by atoms with E-state index in [1.54, 1.807) is 0 Å². The Morgan fingerprint density at radius 3 is 2.67 bits per heavy atom. The third-order valence-electron chi connectivity index (χ3n) is 2.29. The van der Waals surface area contributed by atoms with Gasteiger partial charge in [-0.25, -0.2) is 0 Å². The van der Waals surface area contributed by atoms with Crippen LogP contribution in [0.3, 0.4) is 0 Å². The van der Waals surface area contributed by atoms with E-state index in [0.29, 0.717) is 11.4 Å². The Hall–Kier alpha value is -1.65. The van der Waals surface area contributed by atoms with E-state index < -0.39 is 12.1 Å². The van der Waals surface area contributed by atoms with Crippen LogP contribution >= 0.6 is 0 Å². The SMILES string of the molecule is Nc1ccc2c(c1)NC=CC2C(F)(F)F. The standard InChI is InChI=1S/C10H9F3N2/c11-10(12,13)8-3-4-15-9-5-6(14)1-2-7(8)9/h1-5,8,15H,14H2. The van der Waals surface area contributed by atoms with Crippen molar-refractivity contribution in [2.24, 2.45) is 0 Å². The first kappa shape index (κ1) is 9.89. The first-order valence-corrected chi connectivity index (χ1v) is 4.38. The number of nitrogens with two attached hydrogens (primary N) is 1. The van der Waals surface area contributed by atoms with Gasteiger partial charge in [-0.2, -0.15) is 13.2 Å². The van der Waals surface area contributed by atoms with Gasteiger partial charge < -0.3 is 11.1 Å². The Morgan fingerprint density at radius 1 is 1.27 bits per heavy atom. The molecular formula is C10H9F3N2. The molecule has 1 aromatic rings. The summed E-state index contributed by atoms with van der Waals surface area (Å²) in [5.74, 6) is -1.55. The summed E-state index contributed by atoms with van der Waals surface area (Å²) in [5, 5.41) is 2.74. The Morgan fingerprint density at radius 2 is 2.00 bits per heavy atom. The normalized spacial score (nSPS) is 19.5. The quantitative estimate of drug-likeness (QED) is 0.651. The average Bonchev–Trinajstić information content (AvgIpc) is 2.15. The van der Waals surface area contributed by atoms with Crippen LogP contribution in [-0.4, -0.2) is 6.18 Å². The van der Waals surface area contributed by atoms with Crippen LogP contribution in [0.15, 0.2) is 30.5 Å². The number of alkyl halides is 3. The van der Waals surface area contributed by atoms with E-state index in [4.69, 9.17) is 5.73 Å². The molecule has 0 radical (unpaired) electrons. The molecule has 0 spiro atoms. The van der Waals surface area contributed by atoms with Crippen LogP contribution in [0, 0.1) is 0 Å². The second-order valence-corrected chi connectivity index (χ2v) is 3.37. The first-order valence-electron chi connectivity index (χ1n) is 4.38.